The Labute approximate surface area is 218 Å². The van der Waals surface area contributed by atoms with Gasteiger partial charge in [-0.1, -0.05) is 30.3 Å². The van der Waals surface area contributed by atoms with Crippen molar-refractivity contribution in [3.8, 4) is 17.1 Å². The van der Waals surface area contributed by atoms with Crippen LogP contribution in [-0.4, -0.2) is 40.2 Å². The highest BCUT2D eigenvalue weighted by Crippen LogP contribution is 2.38. The van der Waals surface area contributed by atoms with Gasteiger partial charge in [0.05, 0.1) is 34.2 Å². The summed E-state index contributed by atoms with van der Waals surface area (Å²) in [7, 11) is 1.64. The molecule has 1 atom stereocenters. The Balaban J connectivity index is 1.59. The molecule has 0 aliphatic carbocycles. The zero-order chi connectivity index (χ0) is 26.4. The van der Waals surface area contributed by atoms with E-state index in [1.807, 2.05) is 43.3 Å². The number of H-pyrrole nitrogens is 1. The molecule has 0 aliphatic heterocycles. The minimum atomic E-state index is -0.505. The van der Waals surface area contributed by atoms with Crippen molar-refractivity contribution in [2.45, 2.75) is 13.0 Å². The van der Waals surface area contributed by atoms with Crippen molar-refractivity contribution in [1.29, 1.82) is 0 Å². The van der Waals surface area contributed by atoms with Crippen LogP contribution in [0, 0.1) is 5.82 Å². The van der Waals surface area contributed by atoms with E-state index in [2.05, 4.69) is 33.1 Å². The van der Waals surface area contributed by atoms with E-state index in [1.54, 1.807) is 19.2 Å². The van der Waals surface area contributed by atoms with Crippen LogP contribution in [0.3, 0.4) is 0 Å². The van der Waals surface area contributed by atoms with E-state index in [4.69, 9.17) is 15.5 Å². The molecule has 0 spiro atoms. The maximum Gasteiger partial charge on any atom is 0.250 e. The largest absolute Gasteiger partial charge is 0.383 e. The van der Waals surface area contributed by atoms with Gasteiger partial charge in [-0.15, -0.1) is 0 Å². The fourth-order valence-electron chi connectivity index (χ4n) is 5.17. The Morgan fingerprint density at radius 1 is 1.08 bits per heavy atom. The number of nitrogens with one attached hydrogen (secondary N) is 2. The number of rotatable bonds is 7. The van der Waals surface area contributed by atoms with Crippen molar-refractivity contribution in [3.05, 3.63) is 90.2 Å². The van der Waals surface area contributed by atoms with Crippen LogP contribution in [0.25, 0.3) is 49.9 Å². The maximum absolute atomic E-state index is 13.8. The van der Waals surface area contributed by atoms with Crippen LogP contribution >= 0.6 is 0 Å². The van der Waals surface area contributed by atoms with E-state index >= 15 is 0 Å². The van der Waals surface area contributed by atoms with Crippen LogP contribution < -0.4 is 11.1 Å². The van der Waals surface area contributed by atoms with Gasteiger partial charge in [-0.2, -0.15) is 0 Å². The van der Waals surface area contributed by atoms with Crippen molar-refractivity contribution in [2.24, 2.45) is 5.73 Å². The van der Waals surface area contributed by atoms with Gasteiger partial charge in [0, 0.05) is 40.9 Å². The number of anilines is 1. The predicted octanol–water partition coefficient (Wildman–Crippen LogP) is 6.01. The Hall–Kier alpha value is -4.69. The summed E-state index contributed by atoms with van der Waals surface area (Å²) in [6.07, 6.45) is 0. The highest BCUT2D eigenvalue weighted by atomic mass is 19.1. The van der Waals surface area contributed by atoms with Crippen molar-refractivity contribution in [3.63, 3.8) is 0 Å². The highest BCUT2D eigenvalue weighted by molar-refractivity contribution is 6.15. The molecule has 0 bridgehead atoms. The smallest absolute Gasteiger partial charge is 0.250 e. The maximum atomic E-state index is 13.8. The molecule has 0 saturated heterocycles. The Bertz CT molecular complexity index is 1840. The molecule has 4 N–H and O–H groups in total. The molecule has 0 radical (unpaired) electrons. The van der Waals surface area contributed by atoms with E-state index in [-0.39, 0.29) is 11.9 Å². The van der Waals surface area contributed by atoms with E-state index in [0.29, 0.717) is 34.7 Å². The summed E-state index contributed by atoms with van der Waals surface area (Å²) in [5.41, 5.74) is 11.8. The number of nitrogens with two attached hydrogens (primary N) is 1. The van der Waals surface area contributed by atoms with Crippen LogP contribution in [0.2, 0.25) is 0 Å². The molecule has 7 nitrogen and oxygen atoms in total. The number of para-hydroxylation sites is 1. The first-order valence-electron chi connectivity index (χ1n) is 12.3. The molecular formula is C30H26FN5O2. The van der Waals surface area contributed by atoms with Crippen LogP contribution in [0.4, 0.5) is 10.1 Å². The number of nitrogens with zero attached hydrogens (tertiary/aromatic N) is 2. The van der Waals surface area contributed by atoms with Gasteiger partial charge in [0.15, 0.2) is 0 Å². The summed E-state index contributed by atoms with van der Waals surface area (Å²) in [4.78, 5) is 20.2. The Morgan fingerprint density at radius 3 is 2.71 bits per heavy atom. The first-order valence-corrected chi connectivity index (χ1v) is 12.3. The lowest BCUT2D eigenvalue weighted by molar-refractivity contribution is 0.100. The van der Waals surface area contributed by atoms with Crippen molar-refractivity contribution in [1.82, 2.24) is 14.5 Å². The van der Waals surface area contributed by atoms with Crippen molar-refractivity contribution in [2.75, 3.05) is 19.0 Å². The molecule has 190 valence electrons. The van der Waals surface area contributed by atoms with Gasteiger partial charge in [-0.25, -0.2) is 9.37 Å². The zero-order valence-corrected chi connectivity index (χ0v) is 21.0. The third-order valence-electron chi connectivity index (χ3n) is 6.74. The number of benzene rings is 4. The second-order valence-corrected chi connectivity index (χ2v) is 9.39. The van der Waals surface area contributed by atoms with Gasteiger partial charge in [0.25, 0.3) is 5.91 Å². The number of amides is 1. The molecule has 0 aliphatic rings. The minimum absolute atomic E-state index is 0.0315. The van der Waals surface area contributed by atoms with E-state index in [9.17, 15) is 9.18 Å². The number of hydrogen-bond donors (Lipinski definition) is 3. The molecule has 0 fully saturated rings. The summed E-state index contributed by atoms with van der Waals surface area (Å²) in [6.45, 7) is 2.45. The number of hydrogen-bond acceptors (Lipinski definition) is 4. The molecule has 0 saturated carbocycles. The molecule has 8 heteroatoms. The van der Waals surface area contributed by atoms with Gasteiger partial charge in [0.1, 0.15) is 11.6 Å². The first-order chi connectivity index (χ1) is 18.4. The highest BCUT2D eigenvalue weighted by Gasteiger charge is 2.19. The van der Waals surface area contributed by atoms with Gasteiger partial charge >= 0.3 is 0 Å². The summed E-state index contributed by atoms with van der Waals surface area (Å²) < 4.78 is 21.3. The fraction of sp³-hybridized carbons (Fsp3) is 0.133. The third-order valence-corrected chi connectivity index (χ3v) is 6.74. The molecular weight excluding hydrogens is 481 g/mol. The zero-order valence-electron chi connectivity index (χ0n) is 21.0. The van der Waals surface area contributed by atoms with E-state index in [0.717, 1.165) is 33.1 Å². The average molecular weight is 508 g/mol. The number of methoxy groups -OCH3 is 1. The number of halogens is 1. The summed E-state index contributed by atoms with van der Waals surface area (Å²) in [5.74, 6) is -0.153. The van der Waals surface area contributed by atoms with Gasteiger partial charge < -0.3 is 25.3 Å². The lowest BCUT2D eigenvalue weighted by Gasteiger charge is -2.18. The van der Waals surface area contributed by atoms with E-state index < -0.39 is 5.91 Å². The summed E-state index contributed by atoms with van der Waals surface area (Å²) in [6, 6.07) is 24.3. The number of aromatic amines is 1. The number of aromatic nitrogens is 3. The monoisotopic (exact) mass is 507 g/mol. The lowest BCUT2D eigenvalue weighted by atomic mass is 10.1. The fourth-order valence-corrected chi connectivity index (χ4v) is 5.17. The summed E-state index contributed by atoms with van der Waals surface area (Å²) >= 11 is 0. The van der Waals surface area contributed by atoms with Crippen LogP contribution in [0.1, 0.15) is 17.3 Å². The normalized spacial score (nSPS) is 12.4. The quantitative estimate of drug-likeness (QED) is 0.246. The molecule has 6 rings (SSSR count). The van der Waals surface area contributed by atoms with Gasteiger partial charge in [-0.05, 0) is 55.5 Å². The van der Waals surface area contributed by atoms with Gasteiger partial charge in [0.2, 0.25) is 0 Å². The second-order valence-electron chi connectivity index (χ2n) is 9.39. The van der Waals surface area contributed by atoms with E-state index in [1.165, 1.54) is 12.1 Å². The average Bonchev–Trinajstić information content (AvgIpc) is 3.47. The number of fused-ring (bicyclic) bond motifs is 4. The molecule has 6 aromatic rings. The minimum Gasteiger partial charge on any atom is -0.383 e. The molecule has 4 aromatic carbocycles. The molecule has 1 amide bonds. The lowest BCUT2D eigenvalue weighted by Crippen LogP contribution is -2.23. The number of carbonyl (C=O) groups excluding carboxylic acids is 1. The standard InChI is InChI=1S/C30H26FN5O2/c1-17(16-38-2)33-24-15-19(11-12-20(24)29(32)37)36-26-8-4-3-6-21(26)28-22(7-5-9-27(28)36)30-34-23-13-10-18(31)14-25(23)35-30/h3-15,17,33H,16H2,1-2H3,(H2,32,37)(H,34,35)/t17-/m0/s1. The third kappa shape index (κ3) is 3.95. The van der Waals surface area contributed by atoms with Crippen LogP contribution in [-0.2, 0) is 4.74 Å². The SMILES string of the molecule is COC[C@H](C)Nc1cc(-n2c3ccccc3c3c(-c4nc5ccc(F)cc5[nH]4)cccc32)ccc1C(N)=O. The molecule has 2 aromatic heterocycles. The Kier molecular flexibility index (Phi) is 5.81. The summed E-state index contributed by atoms with van der Waals surface area (Å²) in [5, 5.41) is 5.43. The molecule has 38 heavy (non-hydrogen) atoms. The number of imidazole rings is 1. The van der Waals surface area contributed by atoms with Crippen LogP contribution in [0.5, 0.6) is 0 Å². The first kappa shape index (κ1) is 23.7. The number of carbonyl (C=O) groups is 1. The van der Waals surface area contributed by atoms with Gasteiger partial charge in [-0.3, -0.25) is 4.79 Å². The molecule has 2 heterocycles. The van der Waals surface area contributed by atoms with Crippen LogP contribution in [0.15, 0.2) is 78.9 Å². The second kappa shape index (κ2) is 9.32. The molecule has 0 unspecified atom stereocenters. The predicted molar refractivity (Wildman–Crippen MR) is 149 cm³/mol. The topological polar surface area (TPSA) is 98.0 Å². The van der Waals surface area contributed by atoms with Crippen molar-refractivity contribution < 1.29 is 13.9 Å². The van der Waals surface area contributed by atoms with Crippen molar-refractivity contribution >= 4 is 44.4 Å². The number of primary amides is 1. The Morgan fingerprint density at radius 2 is 1.89 bits per heavy atom. The number of ether oxygens (including phenoxy) is 1.